The summed E-state index contributed by atoms with van der Waals surface area (Å²) in [7, 11) is 0. The molecule has 2 amide bonds. The second-order valence-electron chi connectivity index (χ2n) is 8.03. The molecule has 0 aromatic carbocycles. The number of hydrogen-bond donors (Lipinski definition) is 2. The molecule has 3 aliphatic rings. The average Bonchev–Trinajstić information content (AvgIpc) is 3.34. The standard InChI is InChI=1S/C18H25N3O3.C2HF3O2/c22-17(5-4-14-3-1-6-19-14)21-11-13-9-15(24-16(13)12-21)10-18(23)20-7-2-8-20;3-2(4,5)1(6)7/h1,3,6,13,15-16,19H,2,4-5,7-12H2;(H,6,7)/t13-,15-,16+;/m0./s1. The first-order valence-corrected chi connectivity index (χ1v) is 10.3. The lowest BCUT2D eigenvalue weighted by Crippen LogP contribution is -2.43. The number of amides is 2. The van der Waals surface area contributed by atoms with Crippen molar-refractivity contribution in [3.8, 4) is 0 Å². The van der Waals surface area contributed by atoms with Crippen LogP contribution in [-0.2, 0) is 25.5 Å². The molecule has 172 valence electrons. The van der Waals surface area contributed by atoms with E-state index in [4.69, 9.17) is 14.6 Å². The number of hydrogen-bond acceptors (Lipinski definition) is 4. The molecule has 3 aliphatic heterocycles. The van der Waals surface area contributed by atoms with Crippen molar-refractivity contribution in [2.24, 2.45) is 5.92 Å². The zero-order chi connectivity index (χ0) is 22.6. The van der Waals surface area contributed by atoms with Crippen molar-refractivity contribution in [3.05, 3.63) is 24.0 Å². The maximum Gasteiger partial charge on any atom is 0.490 e. The predicted molar refractivity (Wildman–Crippen MR) is 102 cm³/mol. The molecule has 3 fully saturated rings. The van der Waals surface area contributed by atoms with Crippen molar-refractivity contribution >= 4 is 17.8 Å². The largest absolute Gasteiger partial charge is 0.490 e. The summed E-state index contributed by atoms with van der Waals surface area (Å²) in [6.07, 6.45) is 0.802. The monoisotopic (exact) mass is 445 g/mol. The highest BCUT2D eigenvalue weighted by molar-refractivity contribution is 5.78. The number of fused-ring (bicyclic) bond motifs is 1. The number of nitrogens with one attached hydrogen (secondary N) is 1. The number of carbonyl (C=O) groups is 3. The predicted octanol–water partition coefficient (Wildman–Crippen LogP) is 1.82. The molecule has 0 bridgehead atoms. The number of ether oxygens (including phenoxy) is 1. The molecule has 31 heavy (non-hydrogen) atoms. The smallest absolute Gasteiger partial charge is 0.475 e. The normalized spacial score (nSPS) is 24.8. The number of carbonyl (C=O) groups excluding carboxylic acids is 2. The molecule has 4 rings (SSSR count). The zero-order valence-electron chi connectivity index (χ0n) is 16.9. The third kappa shape index (κ3) is 6.22. The summed E-state index contributed by atoms with van der Waals surface area (Å²) >= 11 is 0. The first-order valence-electron chi connectivity index (χ1n) is 10.3. The number of rotatable bonds is 5. The van der Waals surface area contributed by atoms with Crippen molar-refractivity contribution in [2.75, 3.05) is 26.2 Å². The second-order valence-corrected chi connectivity index (χ2v) is 8.03. The van der Waals surface area contributed by atoms with Crippen molar-refractivity contribution in [1.29, 1.82) is 0 Å². The Labute approximate surface area is 177 Å². The number of halogens is 3. The quantitative estimate of drug-likeness (QED) is 0.720. The second kappa shape index (κ2) is 9.71. The van der Waals surface area contributed by atoms with Gasteiger partial charge in [-0.3, -0.25) is 9.59 Å². The molecule has 3 saturated heterocycles. The molecule has 0 saturated carbocycles. The number of aliphatic carboxylic acids is 1. The van der Waals surface area contributed by atoms with Crippen molar-refractivity contribution in [2.45, 2.75) is 50.5 Å². The van der Waals surface area contributed by atoms with Gasteiger partial charge in [0, 0.05) is 50.4 Å². The van der Waals surface area contributed by atoms with E-state index in [1.54, 1.807) is 0 Å². The number of aryl methyl sites for hydroxylation is 1. The molecule has 3 atom stereocenters. The first kappa shape index (κ1) is 23.1. The van der Waals surface area contributed by atoms with Crippen LogP contribution in [0.15, 0.2) is 18.3 Å². The summed E-state index contributed by atoms with van der Waals surface area (Å²) in [6.45, 7) is 3.27. The molecule has 1 aromatic rings. The summed E-state index contributed by atoms with van der Waals surface area (Å²) in [5.41, 5.74) is 1.10. The molecule has 2 N–H and O–H groups in total. The highest BCUT2D eigenvalue weighted by Gasteiger charge is 2.44. The van der Waals surface area contributed by atoms with Crippen LogP contribution in [0.1, 0.15) is 31.4 Å². The van der Waals surface area contributed by atoms with Gasteiger partial charge in [-0.1, -0.05) is 0 Å². The molecule has 0 aliphatic carbocycles. The Morgan fingerprint density at radius 2 is 1.87 bits per heavy atom. The fourth-order valence-corrected chi connectivity index (χ4v) is 4.01. The van der Waals surface area contributed by atoms with Gasteiger partial charge in [-0.25, -0.2) is 4.79 Å². The number of H-pyrrole nitrogens is 1. The fraction of sp³-hybridized carbons (Fsp3) is 0.650. The Bertz CT molecular complexity index is 766. The number of likely N-dealkylation sites (tertiary alicyclic amines) is 2. The van der Waals surface area contributed by atoms with Crippen molar-refractivity contribution in [1.82, 2.24) is 14.8 Å². The van der Waals surface area contributed by atoms with Gasteiger partial charge in [-0.15, -0.1) is 0 Å². The third-order valence-electron chi connectivity index (χ3n) is 5.79. The highest BCUT2D eigenvalue weighted by atomic mass is 19.4. The topological polar surface area (TPSA) is 103 Å². The van der Waals surface area contributed by atoms with Gasteiger partial charge in [0.05, 0.1) is 18.6 Å². The number of aromatic amines is 1. The molecule has 0 spiro atoms. The van der Waals surface area contributed by atoms with Crippen LogP contribution in [0, 0.1) is 5.92 Å². The van der Waals surface area contributed by atoms with Gasteiger partial charge in [-0.2, -0.15) is 13.2 Å². The van der Waals surface area contributed by atoms with Crippen LogP contribution >= 0.6 is 0 Å². The summed E-state index contributed by atoms with van der Waals surface area (Å²) in [6, 6.07) is 3.96. The van der Waals surface area contributed by atoms with Gasteiger partial charge in [0.25, 0.3) is 0 Å². The van der Waals surface area contributed by atoms with Gasteiger partial charge < -0.3 is 24.6 Å². The average molecular weight is 445 g/mol. The Hall–Kier alpha value is -2.56. The van der Waals surface area contributed by atoms with Crippen LogP contribution in [0.3, 0.4) is 0 Å². The lowest BCUT2D eigenvalue weighted by atomic mass is 10.0. The molecular formula is C20H26F3N3O5. The number of aromatic nitrogens is 1. The van der Waals surface area contributed by atoms with E-state index in [0.717, 1.165) is 44.6 Å². The number of carboxylic acid groups (broad SMARTS) is 1. The Kier molecular flexibility index (Phi) is 7.24. The van der Waals surface area contributed by atoms with E-state index < -0.39 is 12.1 Å². The molecule has 8 nitrogen and oxygen atoms in total. The zero-order valence-corrected chi connectivity index (χ0v) is 16.9. The van der Waals surface area contributed by atoms with Gasteiger partial charge in [0.2, 0.25) is 11.8 Å². The van der Waals surface area contributed by atoms with Crippen LogP contribution in [0.4, 0.5) is 13.2 Å². The number of carboxylic acids is 1. The Morgan fingerprint density at radius 3 is 2.39 bits per heavy atom. The first-order chi connectivity index (χ1) is 14.6. The van der Waals surface area contributed by atoms with E-state index in [0.29, 0.717) is 25.3 Å². The van der Waals surface area contributed by atoms with Crippen LogP contribution in [0.2, 0.25) is 0 Å². The van der Waals surface area contributed by atoms with Gasteiger partial charge in [0.15, 0.2) is 0 Å². The van der Waals surface area contributed by atoms with E-state index in [9.17, 15) is 22.8 Å². The lowest BCUT2D eigenvalue weighted by Gasteiger charge is -2.31. The minimum Gasteiger partial charge on any atom is -0.475 e. The maximum atomic E-state index is 12.4. The molecule has 11 heteroatoms. The summed E-state index contributed by atoms with van der Waals surface area (Å²) in [4.78, 5) is 40.3. The molecule has 0 unspecified atom stereocenters. The van der Waals surface area contributed by atoms with E-state index >= 15 is 0 Å². The SMILES string of the molecule is O=C(C[C@@H]1C[C@H]2CN(C(=O)CCc3ccc[nH]3)C[C@H]2O1)N1CCC1.O=C(O)C(F)(F)F. The maximum absolute atomic E-state index is 12.4. The van der Waals surface area contributed by atoms with Crippen molar-refractivity contribution in [3.63, 3.8) is 0 Å². The fourth-order valence-electron chi connectivity index (χ4n) is 4.01. The molecule has 4 heterocycles. The van der Waals surface area contributed by atoms with Crippen LogP contribution in [-0.4, -0.2) is 82.2 Å². The minimum atomic E-state index is -5.08. The summed E-state index contributed by atoms with van der Waals surface area (Å²) < 4.78 is 37.8. The number of alkyl halides is 3. The van der Waals surface area contributed by atoms with Crippen molar-refractivity contribution < 1.29 is 37.4 Å². The molecule has 0 radical (unpaired) electrons. The van der Waals surface area contributed by atoms with Gasteiger partial charge in [-0.05, 0) is 31.4 Å². The van der Waals surface area contributed by atoms with Gasteiger partial charge in [0.1, 0.15) is 0 Å². The number of nitrogens with zero attached hydrogens (tertiary/aromatic N) is 2. The third-order valence-corrected chi connectivity index (χ3v) is 5.79. The van der Waals surface area contributed by atoms with E-state index in [2.05, 4.69) is 4.98 Å². The summed E-state index contributed by atoms with van der Waals surface area (Å²) in [5.74, 6) is -1.93. The van der Waals surface area contributed by atoms with E-state index in [1.807, 2.05) is 28.1 Å². The summed E-state index contributed by atoms with van der Waals surface area (Å²) in [5, 5.41) is 7.12. The van der Waals surface area contributed by atoms with E-state index in [-0.39, 0.29) is 24.0 Å². The Balaban J connectivity index is 0.000000339. The Morgan fingerprint density at radius 1 is 1.16 bits per heavy atom. The molecular weight excluding hydrogens is 419 g/mol. The van der Waals surface area contributed by atoms with E-state index in [1.165, 1.54) is 0 Å². The lowest BCUT2D eigenvalue weighted by molar-refractivity contribution is -0.192. The minimum absolute atomic E-state index is 0.0456. The van der Waals surface area contributed by atoms with Crippen LogP contribution in [0.25, 0.3) is 0 Å². The molecule has 1 aromatic heterocycles. The highest BCUT2D eigenvalue weighted by Crippen LogP contribution is 2.35. The van der Waals surface area contributed by atoms with Gasteiger partial charge >= 0.3 is 12.1 Å². The van der Waals surface area contributed by atoms with Crippen LogP contribution < -0.4 is 0 Å². The van der Waals surface area contributed by atoms with Crippen LogP contribution in [0.5, 0.6) is 0 Å².